The third kappa shape index (κ3) is 3.88. The number of aromatic carboxylic acids is 1. The highest BCUT2D eigenvalue weighted by atomic mass is 16.4. The molecule has 1 rings (SSSR count). The zero-order valence-corrected chi connectivity index (χ0v) is 9.73. The van der Waals surface area contributed by atoms with Crippen LogP contribution in [0.5, 0.6) is 0 Å². The highest BCUT2D eigenvalue weighted by Gasteiger charge is 2.05. The minimum absolute atomic E-state index is 0.215. The van der Waals surface area contributed by atoms with Gasteiger partial charge < -0.3 is 10.4 Å². The summed E-state index contributed by atoms with van der Waals surface area (Å²) < 4.78 is 0. The van der Waals surface area contributed by atoms with E-state index in [1.807, 2.05) is 0 Å². The van der Waals surface area contributed by atoms with E-state index in [4.69, 9.17) is 5.11 Å². The van der Waals surface area contributed by atoms with Gasteiger partial charge in [-0.25, -0.2) is 9.78 Å². The number of hydrogen-bond donors (Lipinski definition) is 2. The Morgan fingerprint density at radius 3 is 2.81 bits per heavy atom. The standard InChI is InChI=1S/C12H18N2O2/c1-3-4-5-9(2)14-11-7-6-10(8-13-11)12(15)16/h6-9H,3-5H2,1-2H3,(H,13,14)(H,15,16). The minimum Gasteiger partial charge on any atom is -0.478 e. The number of rotatable bonds is 6. The Hall–Kier alpha value is -1.58. The van der Waals surface area contributed by atoms with Crippen LogP contribution in [0.3, 0.4) is 0 Å². The maximum absolute atomic E-state index is 10.6. The summed E-state index contributed by atoms with van der Waals surface area (Å²) >= 11 is 0. The third-order valence-corrected chi connectivity index (χ3v) is 2.40. The monoisotopic (exact) mass is 222 g/mol. The fourth-order valence-corrected chi connectivity index (χ4v) is 1.44. The summed E-state index contributed by atoms with van der Waals surface area (Å²) in [6.07, 6.45) is 4.83. The molecule has 16 heavy (non-hydrogen) atoms. The van der Waals surface area contributed by atoms with Crippen LogP contribution < -0.4 is 5.32 Å². The Morgan fingerprint density at radius 2 is 2.31 bits per heavy atom. The molecule has 0 aliphatic carbocycles. The largest absolute Gasteiger partial charge is 0.478 e. The van der Waals surface area contributed by atoms with Crippen LogP contribution in [0.2, 0.25) is 0 Å². The lowest BCUT2D eigenvalue weighted by atomic mass is 10.1. The highest BCUT2D eigenvalue weighted by Crippen LogP contribution is 2.09. The summed E-state index contributed by atoms with van der Waals surface area (Å²) in [6.45, 7) is 4.26. The quantitative estimate of drug-likeness (QED) is 0.777. The highest BCUT2D eigenvalue weighted by molar-refractivity contribution is 5.87. The molecule has 0 aliphatic heterocycles. The van der Waals surface area contributed by atoms with Crippen molar-refractivity contribution in [3.05, 3.63) is 23.9 Å². The molecule has 4 nitrogen and oxygen atoms in total. The summed E-state index contributed by atoms with van der Waals surface area (Å²) in [5.41, 5.74) is 0.215. The van der Waals surface area contributed by atoms with Crippen molar-refractivity contribution >= 4 is 11.8 Å². The van der Waals surface area contributed by atoms with Crippen molar-refractivity contribution in [3.63, 3.8) is 0 Å². The smallest absolute Gasteiger partial charge is 0.337 e. The Kier molecular flexibility index (Phi) is 4.76. The Bertz CT molecular complexity index is 335. The van der Waals surface area contributed by atoms with Crippen LogP contribution in [-0.4, -0.2) is 22.1 Å². The Balaban J connectivity index is 2.51. The van der Waals surface area contributed by atoms with Crippen molar-refractivity contribution in [1.82, 2.24) is 4.98 Å². The summed E-state index contributed by atoms with van der Waals surface area (Å²) in [4.78, 5) is 14.7. The molecule has 88 valence electrons. The van der Waals surface area contributed by atoms with Crippen molar-refractivity contribution in [2.75, 3.05) is 5.32 Å². The van der Waals surface area contributed by atoms with E-state index in [9.17, 15) is 4.79 Å². The molecule has 1 atom stereocenters. The van der Waals surface area contributed by atoms with Crippen molar-refractivity contribution in [1.29, 1.82) is 0 Å². The second-order valence-corrected chi connectivity index (χ2v) is 3.92. The normalized spacial score (nSPS) is 12.1. The summed E-state index contributed by atoms with van der Waals surface area (Å²) in [5, 5.41) is 12.0. The molecule has 0 amide bonds. The van der Waals surface area contributed by atoms with E-state index in [0.717, 1.165) is 12.2 Å². The number of pyridine rings is 1. The molecule has 1 aromatic heterocycles. The van der Waals surface area contributed by atoms with Crippen molar-refractivity contribution < 1.29 is 9.90 Å². The summed E-state index contributed by atoms with van der Waals surface area (Å²) in [6, 6.07) is 3.62. The van der Waals surface area contributed by atoms with Crippen LogP contribution in [0.15, 0.2) is 18.3 Å². The second-order valence-electron chi connectivity index (χ2n) is 3.92. The molecule has 1 aromatic rings. The zero-order valence-electron chi connectivity index (χ0n) is 9.73. The average molecular weight is 222 g/mol. The molecule has 0 saturated heterocycles. The molecule has 1 heterocycles. The van der Waals surface area contributed by atoms with Gasteiger partial charge in [0, 0.05) is 12.2 Å². The van der Waals surface area contributed by atoms with Crippen LogP contribution in [0.1, 0.15) is 43.5 Å². The summed E-state index contributed by atoms with van der Waals surface area (Å²) in [7, 11) is 0. The van der Waals surface area contributed by atoms with Gasteiger partial charge in [-0.1, -0.05) is 19.8 Å². The van der Waals surface area contributed by atoms with Gasteiger partial charge >= 0.3 is 5.97 Å². The van der Waals surface area contributed by atoms with Gasteiger partial charge in [0.1, 0.15) is 5.82 Å². The van der Waals surface area contributed by atoms with Crippen molar-refractivity contribution in [2.24, 2.45) is 0 Å². The van der Waals surface area contributed by atoms with E-state index in [1.54, 1.807) is 12.1 Å². The Morgan fingerprint density at radius 1 is 1.56 bits per heavy atom. The first-order valence-electron chi connectivity index (χ1n) is 5.59. The van der Waals surface area contributed by atoms with Crippen LogP contribution in [0.4, 0.5) is 5.82 Å². The van der Waals surface area contributed by atoms with Gasteiger partial charge in [0.05, 0.1) is 5.56 Å². The first-order chi connectivity index (χ1) is 7.63. The molecule has 2 N–H and O–H groups in total. The lowest BCUT2D eigenvalue weighted by molar-refractivity contribution is 0.0696. The lowest BCUT2D eigenvalue weighted by Gasteiger charge is -2.13. The van der Waals surface area contributed by atoms with Gasteiger partial charge in [-0.3, -0.25) is 0 Å². The molecule has 0 spiro atoms. The number of carboxylic acids is 1. The van der Waals surface area contributed by atoms with Gasteiger partial charge in [0.25, 0.3) is 0 Å². The van der Waals surface area contributed by atoms with E-state index >= 15 is 0 Å². The number of carboxylic acid groups (broad SMARTS) is 1. The van der Waals surface area contributed by atoms with Crippen molar-refractivity contribution in [2.45, 2.75) is 39.2 Å². The minimum atomic E-state index is -0.946. The van der Waals surface area contributed by atoms with Gasteiger partial charge in [-0.05, 0) is 25.5 Å². The fourth-order valence-electron chi connectivity index (χ4n) is 1.44. The molecule has 0 saturated carbocycles. The molecular formula is C12H18N2O2. The molecule has 1 unspecified atom stereocenters. The van der Waals surface area contributed by atoms with Crippen LogP contribution in [0.25, 0.3) is 0 Å². The number of nitrogens with one attached hydrogen (secondary N) is 1. The van der Waals surface area contributed by atoms with Crippen LogP contribution >= 0.6 is 0 Å². The second kappa shape index (κ2) is 6.10. The van der Waals surface area contributed by atoms with E-state index < -0.39 is 5.97 Å². The first-order valence-corrected chi connectivity index (χ1v) is 5.59. The fraction of sp³-hybridized carbons (Fsp3) is 0.500. The number of nitrogens with zero attached hydrogens (tertiary/aromatic N) is 1. The van der Waals surface area contributed by atoms with Gasteiger partial charge in [0.15, 0.2) is 0 Å². The first kappa shape index (κ1) is 12.5. The van der Waals surface area contributed by atoms with Crippen LogP contribution in [0, 0.1) is 0 Å². The number of hydrogen-bond acceptors (Lipinski definition) is 3. The molecule has 0 fully saturated rings. The topological polar surface area (TPSA) is 62.2 Å². The van der Waals surface area contributed by atoms with E-state index in [1.165, 1.54) is 19.0 Å². The molecule has 0 aliphatic rings. The third-order valence-electron chi connectivity index (χ3n) is 2.40. The predicted molar refractivity (Wildman–Crippen MR) is 63.8 cm³/mol. The number of unbranched alkanes of at least 4 members (excludes halogenated alkanes) is 1. The molecule has 4 heteroatoms. The average Bonchev–Trinajstić information content (AvgIpc) is 2.27. The number of aromatic nitrogens is 1. The van der Waals surface area contributed by atoms with E-state index in [0.29, 0.717) is 6.04 Å². The molecule has 0 aromatic carbocycles. The van der Waals surface area contributed by atoms with Gasteiger partial charge in [-0.2, -0.15) is 0 Å². The van der Waals surface area contributed by atoms with Gasteiger partial charge in [-0.15, -0.1) is 0 Å². The zero-order chi connectivity index (χ0) is 12.0. The Labute approximate surface area is 95.7 Å². The number of anilines is 1. The molecular weight excluding hydrogens is 204 g/mol. The SMILES string of the molecule is CCCCC(C)Nc1ccc(C(=O)O)cn1. The predicted octanol–water partition coefficient (Wildman–Crippen LogP) is 2.77. The van der Waals surface area contributed by atoms with E-state index in [2.05, 4.69) is 24.1 Å². The number of carbonyl (C=O) groups is 1. The maximum Gasteiger partial charge on any atom is 0.337 e. The van der Waals surface area contributed by atoms with Crippen LogP contribution in [-0.2, 0) is 0 Å². The summed E-state index contributed by atoms with van der Waals surface area (Å²) in [5.74, 6) is -0.216. The molecule has 0 radical (unpaired) electrons. The van der Waals surface area contributed by atoms with Gasteiger partial charge in [0.2, 0.25) is 0 Å². The maximum atomic E-state index is 10.6. The van der Waals surface area contributed by atoms with Crippen molar-refractivity contribution in [3.8, 4) is 0 Å². The molecule has 0 bridgehead atoms. The lowest BCUT2D eigenvalue weighted by Crippen LogP contribution is -2.15. The van der Waals surface area contributed by atoms with E-state index in [-0.39, 0.29) is 5.56 Å².